The average Bonchev–Trinajstić information content (AvgIpc) is 2.23. The molecule has 0 unspecified atom stereocenters. The largest absolute Gasteiger partial charge is 0.493 e. The Morgan fingerprint density at radius 2 is 1.86 bits per heavy atom. The van der Waals surface area contributed by atoms with Crippen LogP contribution in [0.5, 0.6) is 5.88 Å². The molecule has 0 fully saturated rings. The van der Waals surface area contributed by atoms with Gasteiger partial charge in [-0.05, 0) is 23.6 Å². The monoisotopic (exact) mass is 185 g/mol. The van der Waals surface area contributed by atoms with Crippen molar-refractivity contribution in [1.82, 2.24) is 4.98 Å². The number of benzene rings is 1. The van der Waals surface area contributed by atoms with E-state index in [0.717, 1.165) is 16.7 Å². The van der Waals surface area contributed by atoms with Crippen LogP contribution in [0.2, 0.25) is 0 Å². The number of aromatic hydroxyl groups is 1. The van der Waals surface area contributed by atoms with Crippen LogP contribution >= 0.6 is 0 Å². The SMILES string of the molecule is Cc1cnc(O)cc1-c1ccccc1. The van der Waals surface area contributed by atoms with Gasteiger partial charge in [0, 0.05) is 12.3 Å². The zero-order valence-corrected chi connectivity index (χ0v) is 7.94. The van der Waals surface area contributed by atoms with Gasteiger partial charge >= 0.3 is 0 Å². The van der Waals surface area contributed by atoms with E-state index in [-0.39, 0.29) is 5.88 Å². The van der Waals surface area contributed by atoms with Crippen LogP contribution in [0.4, 0.5) is 0 Å². The van der Waals surface area contributed by atoms with Crippen molar-refractivity contribution in [2.45, 2.75) is 6.92 Å². The third-order valence-corrected chi connectivity index (χ3v) is 2.17. The van der Waals surface area contributed by atoms with Gasteiger partial charge in [0.1, 0.15) is 0 Å². The third-order valence-electron chi connectivity index (χ3n) is 2.17. The van der Waals surface area contributed by atoms with Gasteiger partial charge in [0.15, 0.2) is 0 Å². The van der Waals surface area contributed by atoms with E-state index in [4.69, 9.17) is 0 Å². The quantitative estimate of drug-likeness (QED) is 0.741. The second kappa shape index (κ2) is 3.50. The first-order valence-electron chi connectivity index (χ1n) is 4.48. The van der Waals surface area contributed by atoms with Gasteiger partial charge in [-0.3, -0.25) is 0 Å². The van der Waals surface area contributed by atoms with Crippen molar-refractivity contribution in [1.29, 1.82) is 0 Å². The van der Waals surface area contributed by atoms with Gasteiger partial charge in [0.2, 0.25) is 5.88 Å². The molecule has 70 valence electrons. The number of aromatic nitrogens is 1. The first-order chi connectivity index (χ1) is 6.77. The highest BCUT2D eigenvalue weighted by Gasteiger charge is 2.02. The van der Waals surface area contributed by atoms with E-state index in [0.29, 0.717) is 0 Å². The van der Waals surface area contributed by atoms with E-state index >= 15 is 0 Å². The maximum atomic E-state index is 9.29. The van der Waals surface area contributed by atoms with E-state index in [1.165, 1.54) is 0 Å². The van der Waals surface area contributed by atoms with Gasteiger partial charge in [-0.2, -0.15) is 0 Å². The lowest BCUT2D eigenvalue weighted by Gasteiger charge is -2.05. The molecule has 0 atom stereocenters. The summed E-state index contributed by atoms with van der Waals surface area (Å²) in [7, 11) is 0. The van der Waals surface area contributed by atoms with Crippen molar-refractivity contribution in [3.63, 3.8) is 0 Å². The zero-order valence-electron chi connectivity index (χ0n) is 7.94. The molecule has 0 aliphatic heterocycles. The van der Waals surface area contributed by atoms with Gasteiger partial charge in [0.25, 0.3) is 0 Å². The first-order valence-corrected chi connectivity index (χ1v) is 4.48. The Balaban J connectivity index is 2.57. The zero-order chi connectivity index (χ0) is 9.97. The number of hydrogen-bond acceptors (Lipinski definition) is 2. The summed E-state index contributed by atoms with van der Waals surface area (Å²) in [6.07, 6.45) is 1.68. The first kappa shape index (κ1) is 8.75. The molecule has 1 aromatic heterocycles. The van der Waals surface area contributed by atoms with Crippen molar-refractivity contribution < 1.29 is 5.11 Å². The van der Waals surface area contributed by atoms with Crippen LogP contribution in [0.3, 0.4) is 0 Å². The van der Waals surface area contributed by atoms with Crippen molar-refractivity contribution in [3.05, 3.63) is 48.2 Å². The van der Waals surface area contributed by atoms with Crippen molar-refractivity contribution >= 4 is 0 Å². The van der Waals surface area contributed by atoms with Crippen LogP contribution in [0, 0.1) is 6.92 Å². The van der Waals surface area contributed by atoms with E-state index in [1.54, 1.807) is 12.3 Å². The molecule has 0 saturated carbocycles. The molecule has 0 aliphatic rings. The van der Waals surface area contributed by atoms with Crippen molar-refractivity contribution in [2.75, 3.05) is 0 Å². The number of aryl methyl sites for hydroxylation is 1. The van der Waals surface area contributed by atoms with Gasteiger partial charge in [-0.1, -0.05) is 30.3 Å². The highest BCUT2D eigenvalue weighted by molar-refractivity contribution is 5.67. The Morgan fingerprint density at radius 3 is 2.57 bits per heavy atom. The van der Waals surface area contributed by atoms with Gasteiger partial charge in [0.05, 0.1) is 0 Å². The lowest BCUT2D eigenvalue weighted by Crippen LogP contribution is -1.84. The molecule has 1 aromatic carbocycles. The fraction of sp³-hybridized carbons (Fsp3) is 0.0833. The van der Waals surface area contributed by atoms with Gasteiger partial charge < -0.3 is 5.11 Å². The molecule has 2 rings (SSSR count). The summed E-state index contributed by atoms with van der Waals surface area (Å²) in [5.41, 5.74) is 3.19. The Morgan fingerprint density at radius 1 is 1.14 bits per heavy atom. The summed E-state index contributed by atoms with van der Waals surface area (Å²) in [6.45, 7) is 1.98. The summed E-state index contributed by atoms with van der Waals surface area (Å²) in [5, 5.41) is 9.29. The Kier molecular flexibility index (Phi) is 2.19. The van der Waals surface area contributed by atoms with Crippen LogP contribution in [0.15, 0.2) is 42.6 Å². The highest BCUT2D eigenvalue weighted by Crippen LogP contribution is 2.24. The van der Waals surface area contributed by atoms with E-state index < -0.39 is 0 Å². The van der Waals surface area contributed by atoms with Gasteiger partial charge in [-0.15, -0.1) is 0 Å². The Labute approximate surface area is 82.9 Å². The molecule has 14 heavy (non-hydrogen) atoms. The smallest absolute Gasteiger partial charge is 0.211 e. The normalized spacial score (nSPS) is 10.1. The topological polar surface area (TPSA) is 33.1 Å². The van der Waals surface area contributed by atoms with E-state index in [2.05, 4.69) is 4.98 Å². The van der Waals surface area contributed by atoms with Crippen LogP contribution < -0.4 is 0 Å². The molecule has 0 radical (unpaired) electrons. The van der Waals surface area contributed by atoms with Crippen molar-refractivity contribution in [3.8, 4) is 17.0 Å². The summed E-state index contributed by atoms with van der Waals surface area (Å²) >= 11 is 0. The standard InChI is InChI=1S/C12H11NO/c1-9-8-13-12(14)7-11(9)10-5-3-2-4-6-10/h2-8H,1H3,(H,13,14). The molecular formula is C12H11NO. The van der Waals surface area contributed by atoms with Crippen LogP contribution in [0.1, 0.15) is 5.56 Å². The second-order valence-electron chi connectivity index (χ2n) is 3.22. The molecule has 2 aromatic rings. The number of nitrogens with zero attached hydrogens (tertiary/aromatic N) is 1. The van der Waals surface area contributed by atoms with Crippen LogP contribution in [0.25, 0.3) is 11.1 Å². The summed E-state index contributed by atoms with van der Waals surface area (Å²) < 4.78 is 0. The molecule has 1 heterocycles. The highest BCUT2D eigenvalue weighted by atomic mass is 16.3. The Bertz CT molecular complexity index is 437. The molecule has 1 N–H and O–H groups in total. The molecular weight excluding hydrogens is 174 g/mol. The minimum Gasteiger partial charge on any atom is -0.493 e. The second-order valence-corrected chi connectivity index (χ2v) is 3.22. The maximum Gasteiger partial charge on any atom is 0.211 e. The molecule has 2 heteroatoms. The van der Waals surface area contributed by atoms with E-state index in [1.807, 2.05) is 37.3 Å². The molecule has 0 aliphatic carbocycles. The third kappa shape index (κ3) is 1.59. The fourth-order valence-electron chi connectivity index (χ4n) is 1.44. The summed E-state index contributed by atoms with van der Waals surface area (Å²) in [4.78, 5) is 3.82. The molecule has 0 saturated heterocycles. The minimum atomic E-state index is 0.0643. The number of pyridine rings is 1. The number of rotatable bonds is 1. The van der Waals surface area contributed by atoms with Gasteiger partial charge in [-0.25, -0.2) is 4.98 Å². The lowest BCUT2D eigenvalue weighted by atomic mass is 10.0. The molecule has 2 nitrogen and oxygen atoms in total. The van der Waals surface area contributed by atoms with Crippen molar-refractivity contribution in [2.24, 2.45) is 0 Å². The van der Waals surface area contributed by atoms with Crippen LogP contribution in [-0.4, -0.2) is 10.1 Å². The summed E-state index contributed by atoms with van der Waals surface area (Å²) in [5.74, 6) is 0.0643. The minimum absolute atomic E-state index is 0.0643. The molecule has 0 bridgehead atoms. The molecule has 0 amide bonds. The van der Waals surface area contributed by atoms with E-state index in [9.17, 15) is 5.11 Å². The number of hydrogen-bond donors (Lipinski definition) is 1. The average molecular weight is 185 g/mol. The fourth-order valence-corrected chi connectivity index (χ4v) is 1.44. The Hall–Kier alpha value is -1.83. The predicted octanol–water partition coefficient (Wildman–Crippen LogP) is 2.76. The molecule has 0 spiro atoms. The lowest BCUT2D eigenvalue weighted by molar-refractivity contribution is 0.453. The maximum absolute atomic E-state index is 9.29. The summed E-state index contributed by atoms with van der Waals surface area (Å²) in [6, 6.07) is 11.6. The predicted molar refractivity (Wildman–Crippen MR) is 56.1 cm³/mol. The van der Waals surface area contributed by atoms with Crippen LogP contribution in [-0.2, 0) is 0 Å².